The number of hydrogen-bond acceptors (Lipinski definition) is 3. The third-order valence-corrected chi connectivity index (χ3v) is 2.96. The molecule has 4 heteroatoms. The normalized spacial score (nSPS) is 11.0. The Morgan fingerprint density at radius 2 is 1.81 bits per heavy atom. The van der Waals surface area contributed by atoms with E-state index in [-0.39, 0.29) is 5.91 Å². The van der Waals surface area contributed by atoms with Crippen LogP contribution in [0.25, 0.3) is 0 Å². The fourth-order valence-corrected chi connectivity index (χ4v) is 1.61. The minimum absolute atomic E-state index is 0.0672. The highest BCUT2D eigenvalue weighted by molar-refractivity contribution is 5.95. The van der Waals surface area contributed by atoms with Crippen molar-refractivity contribution in [2.24, 2.45) is 5.41 Å². The van der Waals surface area contributed by atoms with Crippen molar-refractivity contribution in [2.75, 3.05) is 5.32 Å². The smallest absolute Gasteiger partial charge is 0.229 e. The summed E-state index contributed by atoms with van der Waals surface area (Å²) in [6.07, 6.45) is 3.22. The van der Waals surface area contributed by atoms with Gasteiger partial charge in [0.25, 0.3) is 0 Å². The Kier molecular flexibility index (Phi) is 4.26. The number of aryl methyl sites for hydroxylation is 1. The Morgan fingerprint density at radius 1 is 1.14 bits per heavy atom. The van der Waals surface area contributed by atoms with Crippen molar-refractivity contribution >= 4 is 11.6 Å². The predicted molar refractivity (Wildman–Crippen MR) is 83.6 cm³/mol. The highest BCUT2D eigenvalue weighted by Crippen LogP contribution is 2.29. The molecule has 0 aliphatic carbocycles. The van der Waals surface area contributed by atoms with E-state index < -0.39 is 5.41 Å². The summed E-state index contributed by atoms with van der Waals surface area (Å²) >= 11 is 0. The fraction of sp³-hybridized carbons (Fsp3) is 0.294. The van der Waals surface area contributed by atoms with Crippen LogP contribution in [0.3, 0.4) is 0 Å². The zero-order valence-electron chi connectivity index (χ0n) is 12.8. The number of ether oxygens (including phenoxy) is 1. The summed E-state index contributed by atoms with van der Waals surface area (Å²) in [4.78, 5) is 16.1. The second-order valence-corrected chi connectivity index (χ2v) is 5.99. The summed E-state index contributed by atoms with van der Waals surface area (Å²) in [6, 6.07) is 9.45. The SMILES string of the molecule is Cc1ccc(Oc2cnccc2NC(=O)C(C)(C)C)cc1. The minimum atomic E-state index is -0.468. The van der Waals surface area contributed by atoms with Gasteiger partial charge in [-0.15, -0.1) is 0 Å². The summed E-state index contributed by atoms with van der Waals surface area (Å²) in [6.45, 7) is 7.61. The number of benzene rings is 1. The third kappa shape index (κ3) is 4.05. The first kappa shape index (κ1) is 15.0. The van der Waals surface area contributed by atoms with Gasteiger partial charge in [0.15, 0.2) is 5.75 Å². The van der Waals surface area contributed by atoms with Crippen LogP contribution in [0.4, 0.5) is 5.69 Å². The second-order valence-electron chi connectivity index (χ2n) is 5.99. The molecule has 110 valence electrons. The maximum absolute atomic E-state index is 12.1. The summed E-state index contributed by atoms with van der Waals surface area (Å²) in [7, 11) is 0. The first-order valence-electron chi connectivity index (χ1n) is 6.86. The van der Waals surface area contributed by atoms with Gasteiger partial charge >= 0.3 is 0 Å². The standard InChI is InChI=1S/C17H20N2O2/c1-12-5-7-13(8-6-12)21-15-11-18-10-9-14(15)19-16(20)17(2,3)4/h5-11H,1-4H3,(H,18,19,20). The monoisotopic (exact) mass is 284 g/mol. The van der Waals surface area contributed by atoms with Crippen molar-refractivity contribution < 1.29 is 9.53 Å². The molecule has 0 spiro atoms. The molecule has 0 saturated heterocycles. The highest BCUT2D eigenvalue weighted by atomic mass is 16.5. The molecule has 2 aromatic rings. The Bertz CT molecular complexity index is 628. The average Bonchev–Trinajstić information content (AvgIpc) is 2.42. The molecule has 0 aliphatic heterocycles. The molecule has 0 fully saturated rings. The van der Waals surface area contributed by atoms with E-state index in [0.29, 0.717) is 17.2 Å². The Balaban J connectivity index is 2.21. The quantitative estimate of drug-likeness (QED) is 0.920. The molecule has 1 heterocycles. The number of nitrogens with one attached hydrogen (secondary N) is 1. The summed E-state index contributed by atoms with van der Waals surface area (Å²) in [5.41, 5.74) is 1.31. The first-order valence-corrected chi connectivity index (χ1v) is 6.86. The van der Waals surface area contributed by atoms with Gasteiger partial charge < -0.3 is 10.1 Å². The van der Waals surface area contributed by atoms with Gasteiger partial charge in [-0.3, -0.25) is 9.78 Å². The van der Waals surface area contributed by atoms with Gasteiger partial charge in [-0.25, -0.2) is 0 Å². The number of aromatic nitrogens is 1. The number of amides is 1. The van der Waals surface area contributed by atoms with Gasteiger partial charge in [-0.1, -0.05) is 38.5 Å². The average molecular weight is 284 g/mol. The van der Waals surface area contributed by atoms with Crippen LogP contribution in [0.2, 0.25) is 0 Å². The molecular formula is C17H20N2O2. The van der Waals surface area contributed by atoms with Crippen LogP contribution in [-0.4, -0.2) is 10.9 Å². The third-order valence-electron chi connectivity index (χ3n) is 2.96. The molecule has 0 atom stereocenters. The summed E-state index contributed by atoms with van der Waals surface area (Å²) < 4.78 is 5.80. The molecular weight excluding hydrogens is 264 g/mol. The maximum Gasteiger partial charge on any atom is 0.229 e. The van der Waals surface area contributed by atoms with Crippen molar-refractivity contribution in [3.63, 3.8) is 0 Å². The van der Waals surface area contributed by atoms with Crippen molar-refractivity contribution in [2.45, 2.75) is 27.7 Å². The van der Waals surface area contributed by atoms with E-state index in [1.54, 1.807) is 18.5 Å². The van der Waals surface area contributed by atoms with Gasteiger partial charge in [0.1, 0.15) is 5.75 Å². The lowest BCUT2D eigenvalue weighted by Crippen LogP contribution is -2.27. The topological polar surface area (TPSA) is 51.2 Å². The second kappa shape index (κ2) is 5.95. The van der Waals surface area contributed by atoms with E-state index in [2.05, 4.69) is 10.3 Å². The molecule has 21 heavy (non-hydrogen) atoms. The van der Waals surface area contributed by atoms with Gasteiger partial charge in [0.2, 0.25) is 5.91 Å². The molecule has 1 aromatic heterocycles. The molecule has 0 aliphatic rings. The number of pyridine rings is 1. The van der Waals surface area contributed by atoms with Gasteiger partial charge in [-0.2, -0.15) is 0 Å². The van der Waals surface area contributed by atoms with Crippen LogP contribution in [0.15, 0.2) is 42.7 Å². The van der Waals surface area contributed by atoms with Gasteiger partial charge in [0, 0.05) is 11.6 Å². The van der Waals surface area contributed by atoms with Gasteiger partial charge in [0.05, 0.1) is 11.9 Å². The summed E-state index contributed by atoms with van der Waals surface area (Å²) in [5.74, 6) is 1.17. The van der Waals surface area contributed by atoms with Crippen molar-refractivity contribution in [1.82, 2.24) is 4.98 Å². The number of carbonyl (C=O) groups is 1. The lowest BCUT2D eigenvalue weighted by molar-refractivity contribution is -0.123. The van der Waals surface area contributed by atoms with E-state index in [9.17, 15) is 4.79 Å². The van der Waals surface area contributed by atoms with Crippen molar-refractivity contribution in [1.29, 1.82) is 0 Å². The largest absolute Gasteiger partial charge is 0.454 e. The van der Waals surface area contributed by atoms with Crippen LogP contribution < -0.4 is 10.1 Å². The lowest BCUT2D eigenvalue weighted by atomic mass is 9.95. The summed E-state index contributed by atoms with van der Waals surface area (Å²) in [5, 5.41) is 2.88. The lowest BCUT2D eigenvalue weighted by Gasteiger charge is -2.19. The number of nitrogens with zero attached hydrogens (tertiary/aromatic N) is 1. The van der Waals surface area contributed by atoms with Crippen LogP contribution in [0.1, 0.15) is 26.3 Å². The molecule has 0 unspecified atom stereocenters. The number of anilines is 1. The number of carbonyl (C=O) groups excluding carboxylic acids is 1. The highest BCUT2D eigenvalue weighted by Gasteiger charge is 2.22. The van der Waals surface area contributed by atoms with Crippen LogP contribution >= 0.6 is 0 Å². The molecule has 4 nitrogen and oxygen atoms in total. The Morgan fingerprint density at radius 3 is 2.43 bits per heavy atom. The molecule has 0 saturated carbocycles. The Labute approximate surface area is 125 Å². The van der Waals surface area contributed by atoms with E-state index in [1.807, 2.05) is 52.0 Å². The molecule has 1 aromatic carbocycles. The predicted octanol–water partition coefficient (Wildman–Crippen LogP) is 4.17. The Hall–Kier alpha value is -2.36. The van der Waals surface area contributed by atoms with Crippen molar-refractivity contribution in [3.05, 3.63) is 48.3 Å². The van der Waals surface area contributed by atoms with Crippen LogP contribution in [-0.2, 0) is 4.79 Å². The minimum Gasteiger partial charge on any atom is -0.454 e. The molecule has 1 N–H and O–H groups in total. The van der Waals surface area contributed by atoms with E-state index >= 15 is 0 Å². The van der Waals surface area contributed by atoms with Gasteiger partial charge in [-0.05, 0) is 25.1 Å². The van der Waals surface area contributed by atoms with Crippen molar-refractivity contribution in [3.8, 4) is 11.5 Å². The number of rotatable bonds is 3. The fourth-order valence-electron chi connectivity index (χ4n) is 1.61. The van der Waals surface area contributed by atoms with E-state index in [0.717, 1.165) is 5.56 Å². The zero-order chi connectivity index (χ0) is 15.5. The first-order chi connectivity index (χ1) is 9.86. The maximum atomic E-state index is 12.1. The molecule has 1 amide bonds. The molecule has 2 rings (SSSR count). The zero-order valence-corrected chi connectivity index (χ0v) is 12.8. The van der Waals surface area contributed by atoms with Crippen LogP contribution in [0.5, 0.6) is 11.5 Å². The van der Waals surface area contributed by atoms with E-state index in [1.165, 1.54) is 0 Å². The van der Waals surface area contributed by atoms with E-state index in [4.69, 9.17) is 4.74 Å². The molecule has 0 radical (unpaired) electrons. The molecule has 0 bridgehead atoms. The number of hydrogen-bond donors (Lipinski definition) is 1. The van der Waals surface area contributed by atoms with Crippen LogP contribution in [0, 0.1) is 12.3 Å².